The summed E-state index contributed by atoms with van der Waals surface area (Å²) in [5.74, 6) is -0.399. The Morgan fingerprint density at radius 1 is 1.15 bits per heavy atom. The molecule has 2 aromatic carbocycles. The fourth-order valence-electron chi connectivity index (χ4n) is 2.82. The Balaban J connectivity index is 1.66. The van der Waals surface area contributed by atoms with Crippen molar-refractivity contribution >= 4 is 23.4 Å². The van der Waals surface area contributed by atoms with E-state index in [0.717, 1.165) is 16.7 Å². The molecular weight excluding hydrogens is 352 g/mol. The Morgan fingerprint density at radius 2 is 1.81 bits per heavy atom. The number of benzene rings is 2. The molecule has 5 nitrogen and oxygen atoms in total. The van der Waals surface area contributed by atoms with Gasteiger partial charge in [-0.05, 0) is 30.2 Å². The zero-order valence-corrected chi connectivity index (χ0v) is 15.3. The highest BCUT2D eigenvalue weighted by atomic mass is 35.5. The molecule has 0 spiro atoms. The molecule has 1 heterocycles. The number of halogens is 1. The summed E-state index contributed by atoms with van der Waals surface area (Å²) >= 11 is 5.87. The molecule has 0 saturated carbocycles. The summed E-state index contributed by atoms with van der Waals surface area (Å²) in [6.45, 7) is 2.98. The number of rotatable bonds is 5. The molecule has 0 aromatic heterocycles. The minimum atomic E-state index is -0.634. The molecule has 6 heteroatoms. The number of amides is 2. The molecule has 0 radical (unpaired) electrons. The van der Waals surface area contributed by atoms with Crippen molar-refractivity contribution in [2.45, 2.75) is 26.1 Å². The summed E-state index contributed by atoms with van der Waals surface area (Å²) in [6, 6.07) is 14.6. The van der Waals surface area contributed by atoms with E-state index in [4.69, 9.17) is 16.3 Å². The van der Waals surface area contributed by atoms with Crippen molar-refractivity contribution in [1.29, 1.82) is 0 Å². The lowest BCUT2D eigenvalue weighted by Crippen LogP contribution is -2.55. The van der Waals surface area contributed by atoms with Crippen molar-refractivity contribution in [2.24, 2.45) is 0 Å². The van der Waals surface area contributed by atoms with Gasteiger partial charge in [-0.15, -0.1) is 0 Å². The monoisotopic (exact) mass is 372 g/mol. The van der Waals surface area contributed by atoms with Gasteiger partial charge in [0, 0.05) is 18.1 Å². The molecule has 1 aliphatic heterocycles. The minimum absolute atomic E-state index is 0.00677. The summed E-state index contributed by atoms with van der Waals surface area (Å²) in [5, 5.41) is 3.53. The fraction of sp³-hybridized carbons (Fsp3) is 0.300. The topological polar surface area (TPSA) is 58.6 Å². The van der Waals surface area contributed by atoms with Crippen molar-refractivity contribution in [3.63, 3.8) is 0 Å². The average molecular weight is 373 g/mol. The highest BCUT2D eigenvalue weighted by Gasteiger charge is 2.33. The predicted octanol–water partition coefficient (Wildman–Crippen LogP) is 2.69. The van der Waals surface area contributed by atoms with E-state index in [1.807, 2.05) is 43.3 Å². The van der Waals surface area contributed by atoms with Gasteiger partial charge < -0.3 is 15.0 Å². The Bertz CT molecular complexity index is 775. The van der Waals surface area contributed by atoms with Crippen molar-refractivity contribution in [3.05, 3.63) is 70.2 Å². The average Bonchev–Trinajstić information content (AvgIpc) is 2.64. The third-order valence-electron chi connectivity index (χ3n) is 4.35. The van der Waals surface area contributed by atoms with Crippen LogP contribution in [0.1, 0.15) is 16.7 Å². The van der Waals surface area contributed by atoms with Crippen LogP contribution in [0.5, 0.6) is 0 Å². The Kier molecular flexibility index (Phi) is 5.91. The molecule has 1 saturated heterocycles. The maximum atomic E-state index is 12.6. The van der Waals surface area contributed by atoms with Gasteiger partial charge in [-0.3, -0.25) is 9.59 Å². The molecule has 26 heavy (non-hydrogen) atoms. The Labute approximate surface area is 157 Å². The molecule has 136 valence electrons. The van der Waals surface area contributed by atoms with E-state index in [1.165, 1.54) is 0 Å². The zero-order chi connectivity index (χ0) is 18.5. The van der Waals surface area contributed by atoms with E-state index in [9.17, 15) is 9.59 Å². The Morgan fingerprint density at radius 3 is 2.50 bits per heavy atom. The van der Waals surface area contributed by atoms with Gasteiger partial charge >= 0.3 is 0 Å². The van der Waals surface area contributed by atoms with Crippen molar-refractivity contribution in [2.75, 3.05) is 13.2 Å². The number of ether oxygens (including phenoxy) is 1. The van der Waals surface area contributed by atoms with Crippen molar-refractivity contribution in [3.8, 4) is 0 Å². The second-order valence-electron chi connectivity index (χ2n) is 6.38. The summed E-state index contributed by atoms with van der Waals surface area (Å²) in [6.07, 6.45) is 0. The first kappa shape index (κ1) is 18.4. The van der Waals surface area contributed by atoms with E-state index in [-0.39, 0.29) is 25.0 Å². The minimum Gasteiger partial charge on any atom is -0.369 e. The van der Waals surface area contributed by atoms with Crippen LogP contribution < -0.4 is 5.32 Å². The predicted molar refractivity (Wildman–Crippen MR) is 99.6 cm³/mol. The van der Waals surface area contributed by atoms with Crippen molar-refractivity contribution < 1.29 is 14.3 Å². The third kappa shape index (κ3) is 4.62. The molecule has 1 N–H and O–H groups in total. The van der Waals surface area contributed by atoms with Gasteiger partial charge in [0.05, 0.1) is 6.61 Å². The molecule has 0 unspecified atom stereocenters. The molecule has 1 aliphatic rings. The van der Waals surface area contributed by atoms with Crippen molar-refractivity contribution in [1.82, 2.24) is 10.2 Å². The van der Waals surface area contributed by atoms with Gasteiger partial charge in [-0.2, -0.15) is 0 Å². The van der Waals surface area contributed by atoms with Gasteiger partial charge in [-0.25, -0.2) is 0 Å². The largest absolute Gasteiger partial charge is 0.369 e. The van der Waals surface area contributed by atoms with Gasteiger partial charge in [-0.1, -0.05) is 53.6 Å². The van der Waals surface area contributed by atoms with Gasteiger partial charge in [0.25, 0.3) is 0 Å². The summed E-state index contributed by atoms with van der Waals surface area (Å²) in [7, 11) is 0. The van der Waals surface area contributed by atoms with Gasteiger partial charge in [0.1, 0.15) is 12.6 Å². The number of hydrogen-bond donors (Lipinski definition) is 1. The summed E-state index contributed by atoms with van der Waals surface area (Å²) < 4.78 is 5.30. The molecule has 1 atom stereocenters. The lowest BCUT2D eigenvalue weighted by atomic mass is 10.1. The second kappa shape index (κ2) is 8.34. The number of nitrogens with one attached hydrogen (secondary N) is 1. The number of carbonyl (C=O) groups is 2. The van der Waals surface area contributed by atoms with E-state index >= 15 is 0 Å². The van der Waals surface area contributed by atoms with E-state index in [1.54, 1.807) is 17.0 Å². The molecular formula is C20H21ClN2O3. The van der Waals surface area contributed by atoms with Crippen LogP contribution in [-0.2, 0) is 27.4 Å². The smallest absolute Gasteiger partial charge is 0.249 e. The van der Waals surface area contributed by atoms with Gasteiger partial charge in [0.15, 0.2) is 0 Å². The van der Waals surface area contributed by atoms with Crippen LogP contribution in [0.3, 0.4) is 0 Å². The van der Waals surface area contributed by atoms with Gasteiger partial charge in [0.2, 0.25) is 11.8 Å². The number of aryl methyl sites for hydroxylation is 1. The molecule has 0 bridgehead atoms. The molecule has 3 rings (SSSR count). The first-order chi connectivity index (χ1) is 12.5. The number of nitrogens with zero attached hydrogens (tertiary/aromatic N) is 1. The first-order valence-corrected chi connectivity index (χ1v) is 8.85. The molecule has 2 amide bonds. The molecule has 2 aromatic rings. The maximum Gasteiger partial charge on any atom is 0.249 e. The van der Waals surface area contributed by atoms with Crippen LogP contribution in [0.2, 0.25) is 5.02 Å². The lowest BCUT2D eigenvalue weighted by Gasteiger charge is -2.34. The van der Waals surface area contributed by atoms with E-state index in [2.05, 4.69) is 5.32 Å². The van der Waals surface area contributed by atoms with Crippen LogP contribution in [0.15, 0.2) is 48.5 Å². The van der Waals surface area contributed by atoms with Crippen LogP contribution in [0.4, 0.5) is 0 Å². The number of carbonyl (C=O) groups excluding carboxylic acids is 2. The normalized spacial score (nSPS) is 17.2. The standard InChI is InChI=1S/C20H21ClN2O3/c1-14-2-4-16(5-3-14)11-23-18(12-26-13-19(23)24)20(25)22-10-15-6-8-17(21)9-7-15/h2-9,18H,10-13H2,1H3,(H,22,25)/t18-/m0/s1. The summed E-state index contributed by atoms with van der Waals surface area (Å²) in [5.41, 5.74) is 3.08. The number of morpholine rings is 1. The quantitative estimate of drug-likeness (QED) is 0.877. The first-order valence-electron chi connectivity index (χ1n) is 8.48. The van der Waals surface area contributed by atoms with E-state index in [0.29, 0.717) is 18.1 Å². The number of hydrogen-bond acceptors (Lipinski definition) is 3. The molecule has 1 fully saturated rings. The highest BCUT2D eigenvalue weighted by Crippen LogP contribution is 2.15. The Hall–Kier alpha value is -2.37. The highest BCUT2D eigenvalue weighted by molar-refractivity contribution is 6.30. The molecule has 0 aliphatic carbocycles. The third-order valence-corrected chi connectivity index (χ3v) is 4.61. The van der Waals surface area contributed by atoms with Crippen LogP contribution in [0, 0.1) is 6.92 Å². The van der Waals surface area contributed by atoms with Crippen LogP contribution in [0.25, 0.3) is 0 Å². The van der Waals surface area contributed by atoms with Crippen LogP contribution in [-0.4, -0.2) is 36.0 Å². The lowest BCUT2D eigenvalue weighted by molar-refractivity contribution is -0.155. The maximum absolute atomic E-state index is 12.6. The second-order valence-corrected chi connectivity index (χ2v) is 6.82. The van der Waals surface area contributed by atoms with Crippen LogP contribution >= 0.6 is 11.6 Å². The summed E-state index contributed by atoms with van der Waals surface area (Å²) in [4.78, 5) is 26.5. The van der Waals surface area contributed by atoms with E-state index < -0.39 is 6.04 Å². The fourth-order valence-corrected chi connectivity index (χ4v) is 2.95. The zero-order valence-electron chi connectivity index (χ0n) is 14.6. The SMILES string of the molecule is Cc1ccc(CN2C(=O)COC[C@H]2C(=O)NCc2ccc(Cl)cc2)cc1.